The van der Waals surface area contributed by atoms with E-state index in [1.807, 2.05) is 53.4 Å². The average molecular weight is 420 g/mol. The number of carbonyl (C=O) groups excluding carboxylic acids is 1. The van der Waals surface area contributed by atoms with Crippen molar-refractivity contribution in [2.45, 2.75) is 45.7 Å². The molecule has 6 nitrogen and oxygen atoms in total. The van der Waals surface area contributed by atoms with E-state index in [9.17, 15) is 4.79 Å². The Bertz CT molecular complexity index is 1080. The number of ether oxygens (including phenoxy) is 2. The van der Waals surface area contributed by atoms with Gasteiger partial charge in [-0.25, -0.2) is 0 Å². The molecule has 0 saturated heterocycles. The molecule has 31 heavy (non-hydrogen) atoms. The summed E-state index contributed by atoms with van der Waals surface area (Å²) in [5.74, 6) is 1.31. The van der Waals surface area contributed by atoms with E-state index in [1.165, 1.54) is 0 Å². The van der Waals surface area contributed by atoms with Crippen LogP contribution < -0.4 is 9.47 Å². The molecule has 0 spiro atoms. The molecule has 0 bridgehead atoms. The van der Waals surface area contributed by atoms with Gasteiger partial charge in [-0.2, -0.15) is 5.10 Å². The maximum atomic E-state index is 13.4. The Hall–Kier alpha value is -3.28. The zero-order valence-electron chi connectivity index (χ0n) is 18.7. The third-order valence-corrected chi connectivity index (χ3v) is 5.50. The van der Waals surface area contributed by atoms with Crippen molar-refractivity contribution in [2.75, 3.05) is 13.7 Å². The maximum Gasteiger partial charge on any atom is 0.273 e. The van der Waals surface area contributed by atoms with Crippen molar-refractivity contribution in [2.24, 2.45) is 0 Å². The van der Waals surface area contributed by atoms with Crippen LogP contribution in [0, 0.1) is 0 Å². The standard InChI is InChI=1S/C25H29N3O3/c1-6-14-31-18-13-12-17(15-19(18)30-5)23-20-21(16-10-8-7-9-11-16)26-27-22(20)24(29)28(23)25(2,3)4/h7-13,15,23H,6,14H2,1-5H3,(H,26,27). The Morgan fingerprint density at radius 1 is 1.10 bits per heavy atom. The lowest BCUT2D eigenvalue weighted by molar-refractivity contribution is 0.0545. The van der Waals surface area contributed by atoms with Crippen molar-refractivity contribution < 1.29 is 14.3 Å². The van der Waals surface area contributed by atoms with Gasteiger partial charge in [-0.3, -0.25) is 9.89 Å². The minimum absolute atomic E-state index is 0.0487. The summed E-state index contributed by atoms with van der Waals surface area (Å²) >= 11 is 0. The molecule has 2 heterocycles. The molecule has 1 atom stereocenters. The number of hydrogen-bond donors (Lipinski definition) is 1. The van der Waals surface area contributed by atoms with Crippen LogP contribution >= 0.6 is 0 Å². The fourth-order valence-electron chi connectivity index (χ4n) is 4.16. The highest BCUT2D eigenvalue weighted by Gasteiger charge is 2.46. The van der Waals surface area contributed by atoms with Gasteiger partial charge in [-0.15, -0.1) is 0 Å². The van der Waals surface area contributed by atoms with Gasteiger partial charge in [0.25, 0.3) is 5.91 Å². The number of nitrogens with zero attached hydrogens (tertiary/aromatic N) is 2. The zero-order chi connectivity index (χ0) is 22.2. The molecule has 4 rings (SSSR count). The predicted molar refractivity (Wildman–Crippen MR) is 121 cm³/mol. The van der Waals surface area contributed by atoms with Crippen LogP contribution in [0.2, 0.25) is 0 Å². The van der Waals surface area contributed by atoms with E-state index >= 15 is 0 Å². The Morgan fingerprint density at radius 2 is 1.84 bits per heavy atom. The molecular weight excluding hydrogens is 390 g/mol. The van der Waals surface area contributed by atoms with Crippen LogP contribution in [0.3, 0.4) is 0 Å². The minimum atomic E-state index is -0.389. The zero-order valence-corrected chi connectivity index (χ0v) is 18.7. The van der Waals surface area contributed by atoms with Gasteiger partial charge in [0.15, 0.2) is 11.5 Å². The van der Waals surface area contributed by atoms with E-state index in [-0.39, 0.29) is 17.5 Å². The first-order valence-electron chi connectivity index (χ1n) is 10.6. The lowest BCUT2D eigenvalue weighted by Gasteiger charge is -2.38. The van der Waals surface area contributed by atoms with Crippen molar-refractivity contribution >= 4 is 5.91 Å². The minimum Gasteiger partial charge on any atom is -0.493 e. The second kappa shape index (κ2) is 8.10. The number of nitrogens with one attached hydrogen (secondary N) is 1. The molecule has 1 aliphatic heterocycles. The fourth-order valence-corrected chi connectivity index (χ4v) is 4.16. The van der Waals surface area contributed by atoms with Crippen molar-refractivity contribution in [3.05, 3.63) is 65.4 Å². The number of methoxy groups -OCH3 is 1. The first kappa shape index (κ1) is 21.0. The monoisotopic (exact) mass is 419 g/mol. The highest BCUT2D eigenvalue weighted by Crippen LogP contribution is 2.47. The SMILES string of the molecule is CCCOc1ccc(C2c3c(-c4ccccc4)n[nH]c3C(=O)N2C(C)(C)C)cc1OC. The van der Waals surface area contributed by atoms with Crippen LogP contribution in [0.15, 0.2) is 48.5 Å². The van der Waals surface area contributed by atoms with E-state index in [0.717, 1.165) is 28.8 Å². The molecule has 3 aromatic rings. The summed E-state index contributed by atoms with van der Waals surface area (Å²) in [6.45, 7) is 8.84. The lowest BCUT2D eigenvalue weighted by atomic mass is 9.93. The van der Waals surface area contributed by atoms with Crippen LogP contribution in [0.1, 0.15) is 61.8 Å². The lowest BCUT2D eigenvalue weighted by Crippen LogP contribution is -2.44. The molecule has 0 aliphatic carbocycles. The van der Waals surface area contributed by atoms with Gasteiger partial charge in [0.05, 0.1) is 25.5 Å². The van der Waals surface area contributed by atoms with Gasteiger partial charge in [-0.05, 0) is 44.9 Å². The second-order valence-corrected chi connectivity index (χ2v) is 8.73. The predicted octanol–water partition coefficient (Wildman–Crippen LogP) is 5.22. The van der Waals surface area contributed by atoms with Gasteiger partial charge in [0.2, 0.25) is 0 Å². The largest absolute Gasteiger partial charge is 0.493 e. The first-order chi connectivity index (χ1) is 14.9. The van der Waals surface area contributed by atoms with Crippen LogP contribution in [0.25, 0.3) is 11.3 Å². The van der Waals surface area contributed by atoms with Crippen molar-refractivity contribution in [1.82, 2.24) is 15.1 Å². The van der Waals surface area contributed by atoms with E-state index < -0.39 is 0 Å². The molecule has 1 aliphatic rings. The highest BCUT2D eigenvalue weighted by atomic mass is 16.5. The number of aromatic nitrogens is 2. The van der Waals surface area contributed by atoms with Crippen LogP contribution in [0.5, 0.6) is 11.5 Å². The number of aromatic amines is 1. The van der Waals surface area contributed by atoms with E-state index in [0.29, 0.717) is 23.8 Å². The Kier molecular flexibility index (Phi) is 5.48. The number of rotatable bonds is 6. The second-order valence-electron chi connectivity index (χ2n) is 8.73. The topological polar surface area (TPSA) is 67.5 Å². The highest BCUT2D eigenvalue weighted by molar-refractivity contribution is 6.00. The fraction of sp³-hybridized carbons (Fsp3) is 0.360. The van der Waals surface area contributed by atoms with Gasteiger partial charge in [0.1, 0.15) is 5.69 Å². The van der Waals surface area contributed by atoms with Crippen LogP contribution in [-0.2, 0) is 0 Å². The summed E-state index contributed by atoms with van der Waals surface area (Å²) in [6.07, 6.45) is 0.915. The molecule has 0 saturated carbocycles. The summed E-state index contributed by atoms with van der Waals surface area (Å²) < 4.78 is 11.5. The third-order valence-electron chi connectivity index (χ3n) is 5.50. The van der Waals surface area contributed by atoms with E-state index in [4.69, 9.17) is 9.47 Å². The van der Waals surface area contributed by atoms with Crippen LogP contribution in [0.4, 0.5) is 0 Å². The summed E-state index contributed by atoms with van der Waals surface area (Å²) in [7, 11) is 1.64. The van der Waals surface area contributed by atoms with Gasteiger partial charge in [0, 0.05) is 16.7 Å². The van der Waals surface area contributed by atoms with Gasteiger partial charge < -0.3 is 14.4 Å². The van der Waals surface area contributed by atoms with Crippen molar-refractivity contribution in [3.8, 4) is 22.8 Å². The molecule has 1 aromatic heterocycles. The molecule has 1 amide bonds. The van der Waals surface area contributed by atoms with E-state index in [2.05, 4.69) is 37.9 Å². The Balaban J connectivity index is 1.88. The summed E-state index contributed by atoms with van der Waals surface area (Å²) in [5, 5.41) is 7.53. The normalized spacial score (nSPS) is 15.8. The average Bonchev–Trinajstić information content (AvgIpc) is 3.31. The molecule has 0 fully saturated rings. The molecular formula is C25H29N3O3. The first-order valence-corrected chi connectivity index (χ1v) is 10.6. The smallest absolute Gasteiger partial charge is 0.273 e. The Morgan fingerprint density at radius 3 is 2.48 bits per heavy atom. The summed E-state index contributed by atoms with van der Waals surface area (Å²) in [6, 6.07) is 15.6. The van der Waals surface area contributed by atoms with E-state index in [1.54, 1.807) is 7.11 Å². The number of hydrogen-bond acceptors (Lipinski definition) is 4. The molecule has 6 heteroatoms. The molecule has 2 aromatic carbocycles. The summed E-state index contributed by atoms with van der Waals surface area (Å²) in [5.41, 5.74) is 3.79. The molecule has 0 radical (unpaired) electrons. The maximum absolute atomic E-state index is 13.4. The number of fused-ring (bicyclic) bond motifs is 1. The number of amides is 1. The molecule has 1 unspecified atom stereocenters. The third kappa shape index (κ3) is 3.67. The molecule has 162 valence electrons. The van der Waals surface area contributed by atoms with Gasteiger partial charge in [-0.1, -0.05) is 43.3 Å². The van der Waals surface area contributed by atoms with Gasteiger partial charge >= 0.3 is 0 Å². The quantitative estimate of drug-likeness (QED) is 0.595. The molecule has 1 N–H and O–H groups in total. The number of carbonyl (C=O) groups is 1. The summed E-state index contributed by atoms with van der Waals surface area (Å²) in [4.78, 5) is 15.4. The number of benzene rings is 2. The van der Waals surface area contributed by atoms with Crippen molar-refractivity contribution in [3.63, 3.8) is 0 Å². The Labute approximate surface area is 183 Å². The number of H-pyrrole nitrogens is 1. The van der Waals surface area contributed by atoms with Crippen molar-refractivity contribution in [1.29, 1.82) is 0 Å². The van der Waals surface area contributed by atoms with Crippen LogP contribution in [-0.4, -0.2) is 40.3 Å².